The first kappa shape index (κ1) is 15.0. The van der Waals surface area contributed by atoms with E-state index in [1.807, 2.05) is 0 Å². The predicted molar refractivity (Wildman–Crippen MR) is 71.1 cm³/mol. The number of aromatic nitrogens is 2. The van der Waals surface area contributed by atoms with Crippen molar-refractivity contribution in [1.29, 1.82) is 0 Å². The molecule has 2 amide bonds. The van der Waals surface area contributed by atoms with Gasteiger partial charge < -0.3 is 5.32 Å². The zero-order valence-corrected chi connectivity index (χ0v) is 11.0. The number of nitrogens with zero attached hydrogens (tertiary/aromatic N) is 2. The first-order valence-corrected chi connectivity index (χ1v) is 5.96. The highest BCUT2D eigenvalue weighted by Gasteiger charge is 2.33. The second-order valence-electron chi connectivity index (χ2n) is 3.84. The Bertz CT molecular complexity index is 649. The summed E-state index contributed by atoms with van der Waals surface area (Å²) in [6.07, 6.45) is -1.78. The molecule has 1 heterocycles. The van der Waals surface area contributed by atoms with Gasteiger partial charge in [0.15, 0.2) is 0 Å². The van der Waals surface area contributed by atoms with Crippen LogP contribution in [0.25, 0.3) is 0 Å². The number of nitrogens with one attached hydrogen (secondary N) is 2. The van der Waals surface area contributed by atoms with Crippen LogP contribution in [0.4, 0.5) is 29.6 Å². The molecule has 21 heavy (non-hydrogen) atoms. The average molecular weight is 317 g/mol. The number of benzene rings is 1. The van der Waals surface area contributed by atoms with Gasteiger partial charge >= 0.3 is 12.2 Å². The number of amides is 2. The standard InChI is InChI=1S/C12H8ClF3N4O/c13-9-3-2-7(6-8(9)12(14,15)16)19-11(21)20-10-17-4-1-5-18-10/h1-6H,(H2,17,18,19,20,21). The van der Waals surface area contributed by atoms with Gasteiger partial charge in [-0.3, -0.25) is 5.32 Å². The second kappa shape index (κ2) is 5.96. The number of alkyl halides is 3. The molecule has 2 N–H and O–H groups in total. The van der Waals surface area contributed by atoms with Crippen LogP contribution >= 0.6 is 11.6 Å². The Hall–Kier alpha value is -2.35. The van der Waals surface area contributed by atoms with E-state index in [4.69, 9.17) is 11.6 Å². The Labute approximate surface area is 122 Å². The van der Waals surface area contributed by atoms with Crippen LogP contribution in [-0.2, 0) is 6.18 Å². The van der Waals surface area contributed by atoms with Crippen molar-refractivity contribution in [3.63, 3.8) is 0 Å². The third-order valence-corrected chi connectivity index (χ3v) is 2.65. The number of anilines is 2. The molecule has 0 bridgehead atoms. The van der Waals surface area contributed by atoms with Crippen LogP contribution in [0.3, 0.4) is 0 Å². The van der Waals surface area contributed by atoms with E-state index in [-0.39, 0.29) is 11.6 Å². The highest BCUT2D eigenvalue weighted by atomic mass is 35.5. The number of carbonyl (C=O) groups is 1. The van der Waals surface area contributed by atoms with Gasteiger partial charge in [-0.2, -0.15) is 13.2 Å². The Kier molecular flexibility index (Phi) is 4.27. The van der Waals surface area contributed by atoms with E-state index in [9.17, 15) is 18.0 Å². The molecular weight excluding hydrogens is 309 g/mol. The molecule has 0 radical (unpaired) electrons. The van der Waals surface area contributed by atoms with Crippen molar-refractivity contribution < 1.29 is 18.0 Å². The molecule has 2 aromatic rings. The largest absolute Gasteiger partial charge is 0.417 e. The molecule has 1 aromatic heterocycles. The normalized spacial score (nSPS) is 11.0. The number of carbonyl (C=O) groups excluding carboxylic acids is 1. The van der Waals surface area contributed by atoms with Crippen molar-refractivity contribution in [1.82, 2.24) is 9.97 Å². The molecule has 0 unspecified atom stereocenters. The maximum atomic E-state index is 12.7. The summed E-state index contributed by atoms with van der Waals surface area (Å²) in [7, 11) is 0. The van der Waals surface area contributed by atoms with E-state index in [2.05, 4.69) is 20.6 Å². The van der Waals surface area contributed by atoms with Gasteiger partial charge in [0, 0.05) is 18.1 Å². The minimum Gasteiger partial charge on any atom is -0.308 e. The summed E-state index contributed by atoms with van der Waals surface area (Å²) in [5.74, 6) is 0.0278. The molecular formula is C12H8ClF3N4O. The van der Waals surface area contributed by atoms with Gasteiger partial charge in [-0.15, -0.1) is 0 Å². The van der Waals surface area contributed by atoms with Crippen molar-refractivity contribution in [2.24, 2.45) is 0 Å². The molecule has 0 fully saturated rings. The molecule has 0 aliphatic heterocycles. The number of urea groups is 1. The smallest absolute Gasteiger partial charge is 0.308 e. The van der Waals surface area contributed by atoms with E-state index >= 15 is 0 Å². The van der Waals surface area contributed by atoms with Gasteiger partial charge in [0.05, 0.1) is 10.6 Å². The van der Waals surface area contributed by atoms with Crippen LogP contribution < -0.4 is 10.6 Å². The van der Waals surface area contributed by atoms with E-state index in [0.29, 0.717) is 0 Å². The van der Waals surface area contributed by atoms with Crippen molar-refractivity contribution >= 4 is 29.3 Å². The van der Waals surface area contributed by atoms with E-state index in [1.165, 1.54) is 18.5 Å². The van der Waals surface area contributed by atoms with Gasteiger partial charge in [0.2, 0.25) is 5.95 Å². The SMILES string of the molecule is O=C(Nc1ccc(Cl)c(C(F)(F)F)c1)Nc1ncccn1. The molecule has 2 rings (SSSR count). The summed E-state index contributed by atoms with van der Waals surface area (Å²) in [6.45, 7) is 0. The predicted octanol–water partition coefficient (Wildman–Crippen LogP) is 3.79. The summed E-state index contributed by atoms with van der Waals surface area (Å²) >= 11 is 5.48. The Morgan fingerprint density at radius 1 is 1.14 bits per heavy atom. The molecule has 0 saturated heterocycles. The summed E-state index contributed by atoms with van der Waals surface area (Å²) in [5, 5.41) is 4.07. The Morgan fingerprint density at radius 2 is 1.81 bits per heavy atom. The van der Waals surface area contributed by atoms with Gasteiger partial charge in [0.25, 0.3) is 0 Å². The number of halogens is 4. The van der Waals surface area contributed by atoms with Crippen molar-refractivity contribution in [2.75, 3.05) is 10.6 Å². The lowest BCUT2D eigenvalue weighted by atomic mass is 10.2. The number of hydrogen-bond acceptors (Lipinski definition) is 3. The molecule has 0 saturated carbocycles. The highest BCUT2D eigenvalue weighted by molar-refractivity contribution is 6.31. The summed E-state index contributed by atoms with van der Waals surface area (Å²) in [4.78, 5) is 19.1. The van der Waals surface area contributed by atoms with Crippen LogP contribution in [-0.4, -0.2) is 16.0 Å². The molecule has 110 valence electrons. The maximum Gasteiger partial charge on any atom is 0.417 e. The molecule has 5 nitrogen and oxygen atoms in total. The molecule has 0 aliphatic rings. The fourth-order valence-electron chi connectivity index (χ4n) is 1.45. The summed E-state index contributed by atoms with van der Waals surface area (Å²) in [5.41, 5.74) is -1.09. The van der Waals surface area contributed by atoms with Gasteiger partial charge in [-0.25, -0.2) is 14.8 Å². The van der Waals surface area contributed by atoms with E-state index in [0.717, 1.165) is 12.1 Å². The first-order chi connectivity index (χ1) is 9.86. The Morgan fingerprint density at radius 3 is 2.43 bits per heavy atom. The minimum absolute atomic E-state index is 0.0278. The van der Waals surface area contributed by atoms with Crippen molar-refractivity contribution in [3.05, 3.63) is 47.2 Å². The third-order valence-electron chi connectivity index (χ3n) is 2.32. The van der Waals surface area contributed by atoms with Crippen LogP contribution in [0.15, 0.2) is 36.7 Å². The average Bonchev–Trinajstić information content (AvgIpc) is 2.41. The lowest BCUT2D eigenvalue weighted by Gasteiger charge is -2.11. The molecule has 0 spiro atoms. The maximum absolute atomic E-state index is 12.7. The fraction of sp³-hybridized carbons (Fsp3) is 0.0833. The number of rotatable bonds is 2. The topological polar surface area (TPSA) is 66.9 Å². The van der Waals surface area contributed by atoms with E-state index in [1.54, 1.807) is 6.07 Å². The zero-order valence-electron chi connectivity index (χ0n) is 10.3. The van der Waals surface area contributed by atoms with Crippen LogP contribution in [0.2, 0.25) is 5.02 Å². The van der Waals surface area contributed by atoms with Crippen LogP contribution in [0.1, 0.15) is 5.56 Å². The van der Waals surface area contributed by atoms with Crippen molar-refractivity contribution in [2.45, 2.75) is 6.18 Å². The van der Waals surface area contributed by atoms with Gasteiger partial charge in [0.1, 0.15) is 0 Å². The highest BCUT2D eigenvalue weighted by Crippen LogP contribution is 2.36. The second-order valence-corrected chi connectivity index (χ2v) is 4.25. The molecule has 9 heteroatoms. The molecule has 0 atom stereocenters. The summed E-state index contributed by atoms with van der Waals surface area (Å²) < 4.78 is 38.0. The minimum atomic E-state index is -4.60. The monoisotopic (exact) mass is 316 g/mol. The summed E-state index contributed by atoms with van der Waals surface area (Å²) in [6, 6.07) is 3.84. The van der Waals surface area contributed by atoms with E-state index < -0.39 is 22.8 Å². The fourth-order valence-corrected chi connectivity index (χ4v) is 1.67. The van der Waals surface area contributed by atoms with Gasteiger partial charge in [-0.05, 0) is 24.3 Å². The van der Waals surface area contributed by atoms with Crippen LogP contribution in [0, 0.1) is 0 Å². The lowest BCUT2D eigenvalue weighted by molar-refractivity contribution is -0.137. The quantitative estimate of drug-likeness (QED) is 0.885. The number of hydrogen-bond donors (Lipinski definition) is 2. The molecule has 1 aromatic carbocycles. The Balaban J connectivity index is 2.11. The lowest BCUT2D eigenvalue weighted by Crippen LogP contribution is -2.21. The zero-order chi connectivity index (χ0) is 15.5. The third kappa shape index (κ3) is 4.06. The van der Waals surface area contributed by atoms with Gasteiger partial charge in [-0.1, -0.05) is 11.6 Å². The van der Waals surface area contributed by atoms with Crippen molar-refractivity contribution in [3.8, 4) is 0 Å². The molecule has 0 aliphatic carbocycles. The first-order valence-electron chi connectivity index (χ1n) is 5.58. The van der Waals surface area contributed by atoms with Crippen LogP contribution in [0.5, 0.6) is 0 Å².